The summed E-state index contributed by atoms with van der Waals surface area (Å²) in [4.78, 5) is 12.2. The van der Waals surface area contributed by atoms with E-state index >= 15 is 0 Å². The summed E-state index contributed by atoms with van der Waals surface area (Å²) in [6, 6.07) is 11.3. The molecule has 1 atom stereocenters. The van der Waals surface area contributed by atoms with Crippen LogP contribution in [0, 0.1) is 13.8 Å². The van der Waals surface area contributed by atoms with Crippen molar-refractivity contribution >= 4 is 17.3 Å². The van der Waals surface area contributed by atoms with Crippen molar-refractivity contribution in [3.05, 3.63) is 53.1 Å². The van der Waals surface area contributed by atoms with Gasteiger partial charge in [-0.1, -0.05) is 36.4 Å². The number of amides is 1. The summed E-state index contributed by atoms with van der Waals surface area (Å²) in [5.41, 5.74) is 10.0. The van der Waals surface area contributed by atoms with Crippen LogP contribution in [-0.2, 0) is 4.79 Å². The van der Waals surface area contributed by atoms with Gasteiger partial charge in [0.05, 0.1) is 11.4 Å². The highest BCUT2D eigenvalue weighted by molar-refractivity contribution is 6.00. The lowest BCUT2D eigenvalue weighted by Crippen LogP contribution is -2.31. The zero-order chi connectivity index (χ0) is 14.3. The first-order valence-electron chi connectivity index (χ1n) is 6.50. The molecule has 3 rings (SSSR count). The molecule has 0 aliphatic carbocycles. The summed E-state index contributed by atoms with van der Waals surface area (Å²) < 4.78 is 5.89. The second kappa shape index (κ2) is 4.56. The fourth-order valence-corrected chi connectivity index (χ4v) is 2.45. The van der Waals surface area contributed by atoms with Crippen LogP contribution in [0.4, 0.5) is 11.4 Å². The van der Waals surface area contributed by atoms with E-state index in [4.69, 9.17) is 10.5 Å². The van der Waals surface area contributed by atoms with Crippen LogP contribution >= 0.6 is 0 Å². The Balaban J connectivity index is 2.08. The lowest BCUT2D eigenvalue weighted by molar-refractivity contribution is -0.123. The van der Waals surface area contributed by atoms with Crippen molar-refractivity contribution < 1.29 is 9.53 Å². The van der Waals surface area contributed by atoms with Gasteiger partial charge in [0.2, 0.25) is 6.10 Å². The molecular formula is C16H16N2O2. The summed E-state index contributed by atoms with van der Waals surface area (Å²) in [5, 5.41) is 2.90. The van der Waals surface area contributed by atoms with Crippen LogP contribution in [0.15, 0.2) is 36.4 Å². The van der Waals surface area contributed by atoms with Crippen molar-refractivity contribution in [3.8, 4) is 5.75 Å². The van der Waals surface area contributed by atoms with Gasteiger partial charge < -0.3 is 15.8 Å². The molecule has 1 aliphatic rings. The zero-order valence-electron chi connectivity index (χ0n) is 11.4. The molecule has 3 N–H and O–H groups in total. The van der Waals surface area contributed by atoms with Gasteiger partial charge in [0.15, 0.2) is 5.75 Å². The van der Waals surface area contributed by atoms with Gasteiger partial charge in [-0.25, -0.2) is 0 Å². The molecule has 20 heavy (non-hydrogen) atoms. The smallest absolute Gasteiger partial charge is 0.270 e. The van der Waals surface area contributed by atoms with Crippen molar-refractivity contribution in [3.63, 3.8) is 0 Å². The molecule has 0 fully saturated rings. The topological polar surface area (TPSA) is 64.3 Å². The molecule has 0 saturated heterocycles. The van der Waals surface area contributed by atoms with Gasteiger partial charge in [-0.2, -0.15) is 0 Å². The van der Waals surface area contributed by atoms with E-state index in [1.54, 1.807) is 0 Å². The Hall–Kier alpha value is -2.49. The van der Waals surface area contributed by atoms with E-state index in [1.165, 1.54) is 0 Å². The van der Waals surface area contributed by atoms with Gasteiger partial charge in [0, 0.05) is 5.56 Å². The number of anilines is 2. The van der Waals surface area contributed by atoms with Crippen LogP contribution in [0.1, 0.15) is 22.8 Å². The highest BCUT2D eigenvalue weighted by Gasteiger charge is 2.31. The lowest BCUT2D eigenvalue weighted by atomic mass is 10.0. The fourth-order valence-electron chi connectivity index (χ4n) is 2.45. The molecule has 4 heteroatoms. The molecule has 2 aromatic carbocycles. The van der Waals surface area contributed by atoms with Gasteiger partial charge in [0.25, 0.3) is 5.91 Å². The van der Waals surface area contributed by atoms with Crippen molar-refractivity contribution in [2.75, 3.05) is 11.1 Å². The number of ether oxygens (including phenoxy) is 1. The van der Waals surface area contributed by atoms with Gasteiger partial charge in [-0.05, 0) is 25.0 Å². The van der Waals surface area contributed by atoms with Gasteiger partial charge >= 0.3 is 0 Å². The SMILES string of the molecule is Cc1cc(C)c2c(c1N)OC(c1ccccc1)C(=O)N2. The standard InChI is InChI=1S/C16H16N2O2/c1-9-8-10(2)13-15(12(9)17)20-14(16(19)18-13)11-6-4-3-5-7-11/h3-8,14H,17H2,1-2H3,(H,18,19). The predicted molar refractivity (Wildman–Crippen MR) is 78.8 cm³/mol. The Kier molecular flexibility index (Phi) is 2.86. The summed E-state index contributed by atoms with van der Waals surface area (Å²) >= 11 is 0. The number of carbonyl (C=O) groups is 1. The molecule has 0 bridgehead atoms. The van der Waals surface area contributed by atoms with Crippen LogP contribution in [0.2, 0.25) is 0 Å². The summed E-state index contributed by atoms with van der Waals surface area (Å²) in [5.74, 6) is 0.394. The maximum absolute atomic E-state index is 12.2. The second-order valence-corrected chi connectivity index (χ2v) is 5.03. The van der Waals surface area contributed by atoms with Crippen LogP contribution in [0.25, 0.3) is 0 Å². The Labute approximate surface area is 117 Å². The molecule has 0 spiro atoms. The third-order valence-corrected chi connectivity index (χ3v) is 3.55. The third kappa shape index (κ3) is 1.90. The van der Waals surface area contributed by atoms with E-state index in [0.29, 0.717) is 17.1 Å². The second-order valence-electron chi connectivity index (χ2n) is 5.03. The largest absolute Gasteiger partial charge is 0.471 e. The molecule has 0 saturated carbocycles. The quantitative estimate of drug-likeness (QED) is 0.781. The number of fused-ring (bicyclic) bond motifs is 1. The Morgan fingerprint density at radius 1 is 1.15 bits per heavy atom. The molecular weight excluding hydrogens is 252 g/mol. The minimum absolute atomic E-state index is 0.171. The number of nitrogen functional groups attached to an aromatic ring is 1. The highest BCUT2D eigenvalue weighted by Crippen LogP contribution is 2.42. The van der Waals surface area contributed by atoms with Gasteiger partial charge in [-0.3, -0.25) is 4.79 Å². The van der Waals surface area contributed by atoms with Crippen molar-refractivity contribution in [2.45, 2.75) is 20.0 Å². The van der Waals surface area contributed by atoms with E-state index < -0.39 is 6.10 Å². The van der Waals surface area contributed by atoms with Gasteiger partial charge in [0.1, 0.15) is 0 Å². The number of rotatable bonds is 1. The van der Waals surface area contributed by atoms with E-state index in [0.717, 1.165) is 16.7 Å². The number of carbonyl (C=O) groups excluding carboxylic acids is 1. The molecule has 1 aliphatic heterocycles. The molecule has 1 unspecified atom stereocenters. The molecule has 4 nitrogen and oxygen atoms in total. The fraction of sp³-hybridized carbons (Fsp3) is 0.188. The molecule has 0 aromatic heterocycles. The van der Waals surface area contributed by atoms with Crippen LogP contribution in [-0.4, -0.2) is 5.91 Å². The number of hydrogen-bond acceptors (Lipinski definition) is 3. The number of hydrogen-bond donors (Lipinski definition) is 2. The molecule has 1 amide bonds. The third-order valence-electron chi connectivity index (χ3n) is 3.55. The van der Waals surface area contributed by atoms with Crippen molar-refractivity contribution in [2.24, 2.45) is 0 Å². The summed E-state index contributed by atoms with van der Waals surface area (Å²) in [6.45, 7) is 3.86. The number of nitrogens with two attached hydrogens (primary N) is 1. The average Bonchev–Trinajstić information content (AvgIpc) is 2.45. The van der Waals surface area contributed by atoms with E-state index in [9.17, 15) is 4.79 Å². The molecule has 0 radical (unpaired) electrons. The monoisotopic (exact) mass is 268 g/mol. The normalized spacial score (nSPS) is 17.1. The molecule has 102 valence electrons. The molecule has 1 heterocycles. The Bertz CT molecular complexity index is 681. The average molecular weight is 268 g/mol. The van der Waals surface area contributed by atoms with Crippen molar-refractivity contribution in [1.82, 2.24) is 0 Å². The van der Waals surface area contributed by atoms with E-state index in [1.807, 2.05) is 50.2 Å². The first-order valence-corrected chi connectivity index (χ1v) is 6.50. The van der Waals surface area contributed by atoms with E-state index in [-0.39, 0.29) is 5.91 Å². The summed E-state index contributed by atoms with van der Waals surface area (Å²) in [7, 11) is 0. The number of nitrogens with one attached hydrogen (secondary N) is 1. The van der Waals surface area contributed by atoms with Crippen molar-refractivity contribution in [1.29, 1.82) is 0 Å². The first kappa shape index (κ1) is 12.5. The Morgan fingerprint density at radius 3 is 2.55 bits per heavy atom. The minimum Gasteiger partial charge on any atom is -0.471 e. The number of benzene rings is 2. The predicted octanol–water partition coefficient (Wildman–Crippen LogP) is 2.96. The van der Waals surface area contributed by atoms with Crippen LogP contribution < -0.4 is 15.8 Å². The van der Waals surface area contributed by atoms with E-state index in [2.05, 4.69) is 5.32 Å². The van der Waals surface area contributed by atoms with Crippen LogP contribution in [0.5, 0.6) is 5.75 Å². The zero-order valence-corrected chi connectivity index (χ0v) is 11.4. The minimum atomic E-state index is -0.660. The number of aryl methyl sites for hydroxylation is 2. The summed E-state index contributed by atoms with van der Waals surface area (Å²) in [6.07, 6.45) is -0.660. The lowest BCUT2D eigenvalue weighted by Gasteiger charge is -2.29. The van der Waals surface area contributed by atoms with Crippen LogP contribution in [0.3, 0.4) is 0 Å². The maximum Gasteiger partial charge on any atom is 0.270 e. The first-order chi connectivity index (χ1) is 9.58. The Morgan fingerprint density at radius 2 is 1.85 bits per heavy atom. The molecule has 2 aromatic rings. The maximum atomic E-state index is 12.2. The highest BCUT2D eigenvalue weighted by atomic mass is 16.5. The van der Waals surface area contributed by atoms with Gasteiger partial charge in [-0.15, -0.1) is 0 Å².